The molecule has 1 saturated heterocycles. The minimum absolute atomic E-state index is 0.151. The molecule has 1 fully saturated rings. The van der Waals surface area contributed by atoms with E-state index in [-0.39, 0.29) is 5.57 Å². The van der Waals surface area contributed by atoms with Crippen molar-refractivity contribution in [1.82, 2.24) is 10.6 Å². The summed E-state index contributed by atoms with van der Waals surface area (Å²) in [4.78, 5) is 35.8. The van der Waals surface area contributed by atoms with E-state index < -0.39 is 17.8 Å². The summed E-state index contributed by atoms with van der Waals surface area (Å²) in [6.07, 6.45) is 1.47. The van der Waals surface area contributed by atoms with E-state index in [1.807, 2.05) is 50.2 Å². The predicted octanol–water partition coefficient (Wildman–Crippen LogP) is 3.79. The molecular formula is C24H20N2O4. The minimum atomic E-state index is -0.827. The highest BCUT2D eigenvalue weighted by Crippen LogP contribution is 2.31. The van der Waals surface area contributed by atoms with Crippen LogP contribution in [0.15, 0.2) is 60.2 Å². The molecule has 0 atom stereocenters. The zero-order valence-corrected chi connectivity index (χ0v) is 16.6. The van der Waals surface area contributed by atoms with Crippen molar-refractivity contribution in [1.29, 1.82) is 0 Å². The van der Waals surface area contributed by atoms with Crippen molar-refractivity contribution in [2.24, 2.45) is 0 Å². The lowest BCUT2D eigenvalue weighted by molar-refractivity contribution is -0.123. The molecular weight excluding hydrogens is 380 g/mol. The summed E-state index contributed by atoms with van der Waals surface area (Å²) in [6, 6.07) is 16.8. The van der Waals surface area contributed by atoms with Gasteiger partial charge in [0.2, 0.25) is 0 Å². The highest BCUT2D eigenvalue weighted by molar-refractivity contribution is 6.31. The number of carbonyl (C=O) groups is 3. The summed E-state index contributed by atoms with van der Waals surface area (Å²) in [5, 5.41) is 5.97. The fraction of sp³-hybridized carbons (Fsp3) is 0.125. The van der Waals surface area contributed by atoms with Gasteiger partial charge in [-0.3, -0.25) is 20.2 Å². The summed E-state index contributed by atoms with van der Waals surface area (Å²) in [5.41, 5.74) is 3.77. The molecule has 3 aromatic carbocycles. The zero-order chi connectivity index (χ0) is 21.3. The quantitative estimate of drug-likeness (QED) is 0.516. The molecule has 30 heavy (non-hydrogen) atoms. The van der Waals surface area contributed by atoms with Gasteiger partial charge in [0.05, 0.1) is 0 Å². The molecule has 1 aliphatic heterocycles. The van der Waals surface area contributed by atoms with Crippen molar-refractivity contribution in [2.45, 2.75) is 20.5 Å². The fourth-order valence-electron chi connectivity index (χ4n) is 3.61. The second-order valence-corrected chi connectivity index (χ2v) is 7.28. The molecule has 6 heteroatoms. The Bertz CT molecular complexity index is 1180. The number of nitrogens with one attached hydrogen (secondary N) is 2. The Balaban J connectivity index is 1.77. The lowest BCUT2D eigenvalue weighted by Crippen LogP contribution is -2.51. The van der Waals surface area contributed by atoms with Crippen LogP contribution in [-0.4, -0.2) is 17.8 Å². The first-order valence-corrected chi connectivity index (χ1v) is 9.51. The third kappa shape index (κ3) is 3.93. The molecule has 0 bridgehead atoms. The van der Waals surface area contributed by atoms with Gasteiger partial charge < -0.3 is 4.74 Å². The Kier molecular flexibility index (Phi) is 5.06. The van der Waals surface area contributed by atoms with E-state index >= 15 is 0 Å². The van der Waals surface area contributed by atoms with Gasteiger partial charge in [-0.1, -0.05) is 59.7 Å². The normalized spacial score (nSPS) is 13.8. The largest absolute Gasteiger partial charge is 0.488 e. The van der Waals surface area contributed by atoms with Gasteiger partial charge in [0.15, 0.2) is 0 Å². The van der Waals surface area contributed by atoms with Gasteiger partial charge in [-0.25, -0.2) is 4.79 Å². The second kappa shape index (κ2) is 7.83. The molecule has 1 heterocycles. The maximum atomic E-state index is 12.2. The summed E-state index contributed by atoms with van der Waals surface area (Å²) in [6.45, 7) is 4.40. The Morgan fingerprint density at radius 3 is 2.23 bits per heavy atom. The number of aryl methyl sites for hydroxylation is 2. The van der Waals surface area contributed by atoms with Crippen molar-refractivity contribution in [3.8, 4) is 5.75 Å². The monoisotopic (exact) mass is 400 g/mol. The SMILES string of the molecule is Cc1cc(C)cc(COc2ccc3ccccc3c2C=C2C(=O)NC(=O)NC2=O)c1. The Morgan fingerprint density at radius 2 is 1.53 bits per heavy atom. The standard InChI is InChI=1S/C24H20N2O4/c1-14-9-15(2)11-16(10-14)13-30-21-8-7-17-5-3-4-6-18(17)19(21)12-20-22(27)25-24(29)26-23(20)28/h3-12H,13H2,1-2H3,(H2,25,26,27,28,29). The van der Waals surface area contributed by atoms with Crippen LogP contribution in [0, 0.1) is 13.8 Å². The molecule has 0 aliphatic carbocycles. The van der Waals surface area contributed by atoms with Crippen LogP contribution in [0.4, 0.5) is 4.79 Å². The molecule has 4 rings (SSSR count). The summed E-state index contributed by atoms with van der Waals surface area (Å²) < 4.78 is 6.10. The number of barbiturate groups is 1. The van der Waals surface area contributed by atoms with E-state index in [0.29, 0.717) is 17.9 Å². The third-order valence-corrected chi connectivity index (χ3v) is 4.84. The fourth-order valence-corrected chi connectivity index (χ4v) is 3.61. The molecule has 0 radical (unpaired) electrons. The van der Waals surface area contributed by atoms with Crippen molar-refractivity contribution < 1.29 is 19.1 Å². The Labute approximate surface area is 173 Å². The number of amides is 4. The number of carbonyl (C=O) groups excluding carboxylic acids is 3. The summed E-state index contributed by atoms with van der Waals surface area (Å²) >= 11 is 0. The molecule has 4 amide bonds. The maximum Gasteiger partial charge on any atom is 0.328 e. The molecule has 3 aromatic rings. The van der Waals surface area contributed by atoms with Gasteiger partial charge in [-0.05, 0) is 42.3 Å². The van der Waals surface area contributed by atoms with Gasteiger partial charge in [-0.2, -0.15) is 0 Å². The smallest absolute Gasteiger partial charge is 0.328 e. The highest BCUT2D eigenvalue weighted by atomic mass is 16.5. The van der Waals surface area contributed by atoms with Crippen LogP contribution in [0.2, 0.25) is 0 Å². The van der Waals surface area contributed by atoms with Crippen LogP contribution in [0.5, 0.6) is 5.75 Å². The first-order valence-electron chi connectivity index (χ1n) is 9.51. The topological polar surface area (TPSA) is 84.5 Å². The van der Waals surface area contributed by atoms with Crippen molar-refractivity contribution in [3.63, 3.8) is 0 Å². The first kappa shape index (κ1) is 19.4. The number of urea groups is 1. The molecule has 150 valence electrons. The number of fused-ring (bicyclic) bond motifs is 1. The van der Waals surface area contributed by atoms with E-state index in [1.54, 1.807) is 0 Å². The van der Waals surface area contributed by atoms with Crippen molar-refractivity contribution >= 4 is 34.7 Å². The molecule has 0 saturated carbocycles. The Hall–Kier alpha value is -3.93. The van der Waals surface area contributed by atoms with Gasteiger partial charge in [0, 0.05) is 5.56 Å². The number of rotatable bonds is 4. The number of hydrogen-bond donors (Lipinski definition) is 2. The zero-order valence-electron chi connectivity index (χ0n) is 16.6. The average Bonchev–Trinajstić information content (AvgIpc) is 2.68. The van der Waals surface area contributed by atoms with Crippen LogP contribution in [0.1, 0.15) is 22.3 Å². The van der Waals surface area contributed by atoms with E-state index in [4.69, 9.17) is 4.74 Å². The van der Waals surface area contributed by atoms with Crippen molar-refractivity contribution in [3.05, 3.63) is 82.4 Å². The summed E-state index contributed by atoms with van der Waals surface area (Å²) in [5.74, 6) is -0.938. The third-order valence-electron chi connectivity index (χ3n) is 4.84. The molecule has 0 spiro atoms. The first-order chi connectivity index (χ1) is 14.4. The molecule has 0 unspecified atom stereocenters. The molecule has 1 aliphatic rings. The van der Waals surface area contributed by atoms with Crippen LogP contribution in [-0.2, 0) is 16.2 Å². The van der Waals surface area contributed by atoms with Gasteiger partial charge in [0.1, 0.15) is 17.9 Å². The lowest BCUT2D eigenvalue weighted by atomic mass is 10.00. The Morgan fingerprint density at radius 1 is 0.867 bits per heavy atom. The van der Waals surface area contributed by atoms with Crippen LogP contribution >= 0.6 is 0 Å². The van der Waals surface area contributed by atoms with Crippen molar-refractivity contribution in [2.75, 3.05) is 0 Å². The van der Waals surface area contributed by atoms with Crippen LogP contribution < -0.4 is 15.4 Å². The summed E-state index contributed by atoms with van der Waals surface area (Å²) in [7, 11) is 0. The van der Waals surface area contributed by atoms with E-state index in [9.17, 15) is 14.4 Å². The van der Waals surface area contributed by atoms with Crippen LogP contribution in [0.3, 0.4) is 0 Å². The van der Waals surface area contributed by atoms with Gasteiger partial charge in [0.25, 0.3) is 11.8 Å². The van der Waals surface area contributed by atoms with Crippen LogP contribution in [0.25, 0.3) is 16.8 Å². The molecule has 2 N–H and O–H groups in total. The molecule has 0 aromatic heterocycles. The number of imide groups is 2. The second-order valence-electron chi connectivity index (χ2n) is 7.28. The number of benzene rings is 3. The average molecular weight is 400 g/mol. The van der Waals surface area contributed by atoms with Gasteiger partial charge in [-0.15, -0.1) is 0 Å². The predicted molar refractivity (Wildman–Crippen MR) is 114 cm³/mol. The van der Waals surface area contributed by atoms with Gasteiger partial charge >= 0.3 is 6.03 Å². The number of ether oxygens (including phenoxy) is 1. The number of hydrogen-bond acceptors (Lipinski definition) is 4. The minimum Gasteiger partial charge on any atom is -0.488 e. The molecule has 6 nitrogen and oxygen atoms in total. The van der Waals surface area contributed by atoms with E-state index in [2.05, 4.69) is 28.8 Å². The van der Waals surface area contributed by atoms with E-state index in [0.717, 1.165) is 27.5 Å². The maximum absolute atomic E-state index is 12.2. The lowest BCUT2D eigenvalue weighted by Gasteiger charge is -2.16. The van der Waals surface area contributed by atoms with E-state index in [1.165, 1.54) is 6.08 Å². The highest BCUT2D eigenvalue weighted by Gasteiger charge is 2.28.